The van der Waals surface area contributed by atoms with Crippen molar-refractivity contribution < 1.29 is 22.7 Å². The number of nitrogens with zero attached hydrogens (tertiary/aromatic N) is 6. The lowest BCUT2D eigenvalue weighted by Crippen LogP contribution is -2.55. The quantitative estimate of drug-likeness (QED) is 0.317. The maximum atomic E-state index is 16.7. The molecule has 3 saturated heterocycles. The topological polar surface area (TPSA) is 85.6 Å². The Balaban J connectivity index is 1.30. The second-order valence-electron chi connectivity index (χ2n) is 13.3. The van der Waals surface area contributed by atoms with Gasteiger partial charge in [0, 0.05) is 43.5 Å². The molecule has 0 bridgehead atoms. The molecule has 4 atom stereocenters. The fourth-order valence-corrected chi connectivity index (χ4v) is 8.15. The first-order valence-electron chi connectivity index (χ1n) is 16.1. The average molecular weight is 631 g/mol. The number of anilines is 1. The number of halogens is 3. The van der Waals surface area contributed by atoms with E-state index in [1.165, 1.54) is 10.5 Å². The van der Waals surface area contributed by atoms with E-state index in [1.54, 1.807) is 6.07 Å². The minimum Gasteiger partial charge on any atom is -0.461 e. The third-order valence-electron chi connectivity index (χ3n) is 10.3. The number of rotatable bonds is 7. The van der Waals surface area contributed by atoms with Crippen LogP contribution in [0, 0.1) is 23.1 Å². The predicted octanol–water partition coefficient (Wildman–Crippen LogP) is 5.54. The molecule has 3 aromatic rings. The highest BCUT2D eigenvalue weighted by Crippen LogP contribution is 2.42. The van der Waals surface area contributed by atoms with E-state index in [2.05, 4.69) is 35.5 Å². The number of carbonyl (C=O) groups is 1. The molecule has 8 nitrogen and oxygen atoms in total. The van der Waals surface area contributed by atoms with Crippen molar-refractivity contribution in [1.29, 1.82) is 5.26 Å². The molecule has 2 aromatic carbocycles. The van der Waals surface area contributed by atoms with Gasteiger partial charge in [-0.1, -0.05) is 37.8 Å². The van der Waals surface area contributed by atoms with Crippen molar-refractivity contribution in [2.45, 2.75) is 63.2 Å². The van der Waals surface area contributed by atoms with E-state index in [1.807, 2.05) is 23.1 Å². The molecule has 11 heteroatoms. The van der Waals surface area contributed by atoms with Crippen molar-refractivity contribution in [3.63, 3.8) is 0 Å². The summed E-state index contributed by atoms with van der Waals surface area (Å²) < 4.78 is 51.3. The molecule has 0 unspecified atom stereocenters. The summed E-state index contributed by atoms with van der Waals surface area (Å²) in [5, 5.41) is 9.97. The van der Waals surface area contributed by atoms with Gasteiger partial charge < -0.3 is 14.5 Å². The molecule has 0 spiro atoms. The third kappa shape index (κ3) is 5.26. The van der Waals surface area contributed by atoms with Crippen LogP contribution in [0.2, 0.25) is 0 Å². The molecule has 0 saturated carbocycles. The molecule has 46 heavy (non-hydrogen) atoms. The van der Waals surface area contributed by atoms with Crippen LogP contribution in [-0.2, 0) is 17.6 Å². The molecule has 1 aliphatic carbocycles. The summed E-state index contributed by atoms with van der Waals surface area (Å²) in [4.78, 5) is 27.2. The highest BCUT2D eigenvalue weighted by molar-refractivity contribution is 5.94. The van der Waals surface area contributed by atoms with Gasteiger partial charge in [-0.2, -0.15) is 15.2 Å². The fraction of sp³-hybridized carbons (Fsp3) is 0.486. The Kier molecular flexibility index (Phi) is 7.87. The summed E-state index contributed by atoms with van der Waals surface area (Å²) in [7, 11) is 0. The Hall–Kier alpha value is -4.17. The van der Waals surface area contributed by atoms with Crippen LogP contribution in [0.5, 0.6) is 6.01 Å². The standard InChI is InChI=1S/C35H37F3N6O2/c1-21-15-23-5-3-6-26(29(23)16-21)27-7-8-28-31(30(27)38)40-34(46-20-35-10-4-12-43(35)18-24(37)17-35)41-32(28)42-13-14-44(33(45)22(2)36)25(19-42)9-11-39/h3,5-8,21,24-25H,2,4,9-10,12-20H2,1H3/t21-,24-,25+,35+/m1/s1. The van der Waals surface area contributed by atoms with Crippen molar-refractivity contribution in [2.75, 3.05) is 44.2 Å². The van der Waals surface area contributed by atoms with E-state index in [4.69, 9.17) is 9.72 Å². The summed E-state index contributed by atoms with van der Waals surface area (Å²) in [5.41, 5.74) is 3.33. The number of benzene rings is 2. The number of hydrogen-bond acceptors (Lipinski definition) is 7. The summed E-state index contributed by atoms with van der Waals surface area (Å²) in [6.07, 6.45) is 2.99. The monoisotopic (exact) mass is 630 g/mol. The van der Waals surface area contributed by atoms with Gasteiger partial charge in [0.15, 0.2) is 11.6 Å². The zero-order chi connectivity index (χ0) is 32.2. The lowest BCUT2D eigenvalue weighted by molar-refractivity contribution is -0.131. The number of hydrogen-bond donors (Lipinski definition) is 0. The van der Waals surface area contributed by atoms with Crippen LogP contribution in [-0.4, -0.2) is 82.8 Å². The highest BCUT2D eigenvalue weighted by atomic mass is 19.1. The van der Waals surface area contributed by atoms with Gasteiger partial charge in [0.2, 0.25) is 0 Å². The highest BCUT2D eigenvalue weighted by Gasteiger charge is 2.49. The molecule has 0 N–H and O–H groups in total. The van der Waals surface area contributed by atoms with Gasteiger partial charge in [0.1, 0.15) is 24.1 Å². The van der Waals surface area contributed by atoms with Crippen LogP contribution >= 0.6 is 0 Å². The number of piperazine rings is 1. The number of carbonyl (C=O) groups excluding carboxylic acids is 1. The van der Waals surface area contributed by atoms with E-state index >= 15 is 4.39 Å². The van der Waals surface area contributed by atoms with Crippen molar-refractivity contribution in [2.24, 2.45) is 5.92 Å². The van der Waals surface area contributed by atoms with Gasteiger partial charge in [0.25, 0.3) is 5.91 Å². The number of nitriles is 1. The Morgan fingerprint density at radius 3 is 2.80 bits per heavy atom. The van der Waals surface area contributed by atoms with E-state index in [0.29, 0.717) is 35.7 Å². The van der Waals surface area contributed by atoms with Crippen LogP contribution in [0.1, 0.15) is 43.7 Å². The van der Waals surface area contributed by atoms with Gasteiger partial charge in [-0.15, -0.1) is 0 Å². The van der Waals surface area contributed by atoms with E-state index in [-0.39, 0.29) is 44.2 Å². The van der Waals surface area contributed by atoms with Crippen molar-refractivity contribution in [3.05, 3.63) is 59.7 Å². The van der Waals surface area contributed by atoms with Gasteiger partial charge in [-0.25, -0.2) is 13.2 Å². The number of ether oxygens (including phenoxy) is 1. The summed E-state index contributed by atoms with van der Waals surface area (Å²) in [6.45, 7) is 7.26. The Bertz CT molecular complexity index is 1760. The fourth-order valence-electron chi connectivity index (χ4n) is 8.15. The Morgan fingerprint density at radius 1 is 1.15 bits per heavy atom. The van der Waals surface area contributed by atoms with Crippen molar-refractivity contribution in [3.8, 4) is 23.2 Å². The first-order valence-corrected chi connectivity index (χ1v) is 16.1. The zero-order valence-corrected chi connectivity index (χ0v) is 25.9. The second kappa shape index (κ2) is 11.9. The molecular weight excluding hydrogens is 593 g/mol. The normalized spacial score (nSPS) is 25.8. The minimum atomic E-state index is -1.08. The lowest BCUT2D eigenvalue weighted by Gasteiger charge is -2.41. The van der Waals surface area contributed by atoms with Crippen molar-refractivity contribution >= 4 is 22.6 Å². The zero-order valence-electron chi connectivity index (χ0n) is 25.9. The van der Waals surface area contributed by atoms with Gasteiger partial charge in [-0.3, -0.25) is 9.69 Å². The van der Waals surface area contributed by atoms with E-state index < -0.39 is 35.3 Å². The van der Waals surface area contributed by atoms with Crippen LogP contribution in [0.3, 0.4) is 0 Å². The first-order chi connectivity index (χ1) is 22.2. The molecule has 7 rings (SSSR count). The van der Waals surface area contributed by atoms with Crippen LogP contribution in [0.25, 0.3) is 22.0 Å². The van der Waals surface area contributed by atoms with Gasteiger partial charge in [-0.05, 0) is 60.9 Å². The third-order valence-corrected chi connectivity index (χ3v) is 10.3. The largest absolute Gasteiger partial charge is 0.461 e. The number of amides is 1. The lowest BCUT2D eigenvalue weighted by atomic mass is 9.95. The molecular formula is C35H37F3N6O2. The van der Waals surface area contributed by atoms with E-state index in [9.17, 15) is 18.8 Å². The molecule has 4 heterocycles. The molecule has 240 valence electrons. The van der Waals surface area contributed by atoms with Crippen LogP contribution < -0.4 is 9.64 Å². The molecule has 4 aliphatic rings. The number of alkyl halides is 1. The SMILES string of the molecule is C=C(F)C(=O)N1CCN(c2nc(OC[C@@]34CCCN3C[C@H](F)C4)nc3c(F)c(-c4cccc5c4C[C@H](C)C5)ccc23)C[C@@H]1CC#N. The second-order valence-corrected chi connectivity index (χ2v) is 13.3. The van der Waals surface area contributed by atoms with Crippen molar-refractivity contribution in [1.82, 2.24) is 19.8 Å². The Labute approximate surface area is 266 Å². The molecule has 3 aliphatic heterocycles. The maximum absolute atomic E-state index is 16.7. The Morgan fingerprint density at radius 2 is 2.00 bits per heavy atom. The molecule has 1 aromatic heterocycles. The summed E-state index contributed by atoms with van der Waals surface area (Å²) in [6, 6.07) is 11.0. The molecule has 1 amide bonds. The maximum Gasteiger partial charge on any atom is 0.319 e. The van der Waals surface area contributed by atoms with Crippen LogP contribution in [0.4, 0.5) is 19.0 Å². The van der Waals surface area contributed by atoms with Gasteiger partial charge >= 0.3 is 6.01 Å². The molecule has 3 fully saturated rings. The average Bonchev–Trinajstić information content (AvgIpc) is 3.70. The smallest absolute Gasteiger partial charge is 0.319 e. The van der Waals surface area contributed by atoms with Gasteiger partial charge in [0.05, 0.1) is 24.1 Å². The predicted molar refractivity (Wildman–Crippen MR) is 168 cm³/mol. The number of aromatic nitrogens is 2. The van der Waals surface area contributed by atoms with Crippen LogP contribution in [0.15, 0.2) is 42.7 Å². The minimum absolute atomic E-state index is 0.0125. The molecule has 0 radical (unpaired) electrons. The van der Waals surface area contributed by atoms with E-state index in [0.717, 1.165) is 43.4 Å². The summed E-state index contributed by atoms with van der Waals surface area (Å²) >= 11 is 0. The first kappa shape index (κ1) is 30.5. The summed E-state index contributed by atoms with van der Waals surface area (Å²) in [5.74, 6) is -1.54. The number of fused-ring (bicyclic) bond motifs is 3.